The van der Waals surface area contributed by atoms with Crippen molar-refractivity contribution in [1.82, 2.24) is 4.31 Å². The zero-order valence-electron chi connectivity index (χ0n) is 10.8. The van der Waals surface area contributed by atoms with E-state index in [9.17, 15) is 8.42 Å². The molecule has 0 atom stereocenters. The van der Waals surface area contributed by atoms with Crippen LogP contribution in [0.15, 0.2) is 46.1 Å². The molecule has 2 aromatic rings. The number of hydrogen-bond acceptors (Lipinski definition) is 4. The molecular formula is C13H14ClNO4S. The molecule has 1 heterocycles. The van der Waals surface area contributed by atoms with Crippen molar-refractivity contribution in [3.63, 3.8) is 0 Å². The molecule has 0 aliphatic carbocycles. The smallest absolute Gasteiger partial charge is 0.243 e. The van der Waals surface area contributed by atoms with Gasteiger partial charge in [0.05, 0.1) is 24.0 Å². The van der Waals surface area contributed by atoms with E-state index in [0.717, 1.165) is 5.56 Å². The highest BCUT2D eigenvalue weighted by molar-refractivity contribution is 7.89. The molecule has 0 aliphatic heterocycles. The van der Waals surface area contributed by atoms with Gasteiger partial charge in [0, 0.05) is 24.2 Å². The summed E-state index contributed by atoms with van der Waals surface area (Å²) in [7, 11) is -2.15. The van der Waals surface area contributed by atoms with Crippen molar-refractivity contribution >= 4 is 21.6 Å². The van der Waals surface area contributed by atoms with E-state index < -0.39 is 10.0 Å². The second-order valence-electron chi connectivity index (χ2n) is 4.30. The van der Waals surface area contributed by atoms with Crippen molar-refractivity contribution in [2.24, 2.45) is 0 Å². The van der Waals surface area contributed by atoms with Crippen LogP contribution in [0.3, 0.4) is 0 Å². The van der Waals surface area contributed by atoms with Crippen molar-refractivity contribution in [1.29, 1.82) is 0 Å². The van der Waals surface area contributed by atoms with Crippen molar-refractivity contribution in [3.05, 3.63) is 52.9 Å². The van der Waals surface area contributed by atoms with Gasteiger partial charge in [0.2, 0.25) is 10.0 Å². The highest BCUT2D eigenvalue weighted by atomic mass is 35.5. The Hall–Kier alpha value is -1.34. The summed E-state index contributed by atoms with van der Waals surface area (Å²) in [5.41, 5.74) is 1.25. The molecule has 0 unspecified atom stereocenters. The Balaban J connectivity index is 2.27. The summed E-state index contributed by atoms with van der Waals surface area (Å²) in [6.07, 6.45) is 2.98. The molecule has 0 fully saturated rings. The monoisotopic (exact) mass is 315 g/mol. The third-order valence-corrected chi connectivity index (χ3v) is 5.04. The lowest BCUT2D eigenvalue weighted by molar-refractivity contribution is 0.282. The highest BCUT2D eigenvalue weighted by Gasteiger charge is 2.22. The van der Waals surface area contributed by atoms with Crippen LogP contribution >= 0.6 is 11.6 Å². The van der Waals surface area contributed by atoms with Gasteiger partial charge in [0.25, 0.3) is 0 Å². The molecule has 5 nitrogen and oxygen atoms in total. The Labute approximate surface area is 122 Å². The lowest BCUT2D eigenvalue weighted by atomic mass is 10.2. The molecule has 0 spiro atoms. The van der Waals surface area contributed by atoms with Gasteiger partial charge in [0.15, 0.2) is 0 Å². The van der Waals surface area contributed by atoms with Crippen molar-refractivity contribution in [2.75, 3.05) is 7.05 Å². The van der Waals surface area contributed by atoms with Crippen molar-refractivity contribution in [2.45, 2.75) is 18.0 Å². The standard InChI is InChI=1S/C13H14ClNO4S/c1-15(7-10-4-5-19-9-10)20(17,18)12-3-2-11(8-16)13(14)6-12/h2-6,9,16H,7-8H2,1H3. The maximum absolute atomic E-state index is 12.4. The van der Waals surface area contributed by atoms with Gasteiger partial charge < -0.3 is 9.52 Å². The van der Waals surface area contributed by atoms with E-state index in [0.29, 0.717) is 5.56 Å². The quantitative estimate of drug-likeness (QED) is 0.918. The Bertz CT molecular complexity index is 682. The Morgan fingerprint density at radius 3 is 2.65 bits per heavy atom. The summed E-state index contributed by atoms with van der Waals surface area (Å²) in [5, 5.41) is 9.26. The lowest BCUT2D eigenvalue weighted by Gasteiger charge is -2.17. The van der Waals surface area contributed by atoms with Crippen LogP contribution in [-0.2, 0) is 23.2 Å². The average Bonchev–Trinajstić information content (AvgIpc) is 2.91. The fraction of sp³-hybridized carbons (Fsp3) is 0.231. The number of nitrogens with zero attached hydrogens (tertiary/aromatic N) is 1. The minimum Gasteiger partial charge on any atom is -0.472 e. The first kappa shape index (κ1) is 15.1. The number of furan rings is 1. The second-order valence-corrected chi connectivity index (χ2v) is 6.76. The highest BCUT2D eigenvalue weighted by Crippen LogP contribution is 2.23. The van der Waals surface area contributed by atoms with Crippen LogP contribution in [0.2, 0.25) is 5.02 Å². The number of aliphatic hydroxyl groups is 1. The SMILES string of the molecule is CN(Cc1ccoc1)S(=O)(=O)c1ccc(CO)c(Cl)c1. The first-order valence-corrected chi connectivity index (χ1v) is 7.63. The molecule has 1 N–H and O–H groups in total. The topological polar surface area (TPSA) is 70.8 Å². The van der Waals surface area contributed by atoms with Crippen LogP contribution in [0.1, 0.15) is 11.1 Å². The summed E-state index contributed by atoms with van der Waals surface area (Å²) in [4.78, 5) is 0.0886. The molecule has 0 aliphatic rings. The zero-order chi connectivity index (χ0) is 14.8. The van der Waals surface area contributed by atoms with Gasteiger partial charge in [-0.15, -0.1) is 0 Å². The van der Waals surface area contributed by atoms with Crippen LogP contribution in [0.25, 0.3) is 0 Å². The Morgan fingerprint density at radius 1 is 1.35 bits per heavy atom. The molecule has 0 bridgehead atoms. The molecule has 108 valence electrons. The molecule has 20 heavy (non-hydrogen) atoms. The third-order valence-electron chi connectivity index (χ3n) is 2.89. The first-order chi connectivity index (χ1) is 9.45. The second kappa shape index (κ2) is 5.97. The van der Waals surface area contributed by atoms with Crippen LogP contribution in [0, 0.1) is 0 Å². The molecule has 2 rings (SSSR count). The molecule has 0 saturated heterocycles. The Kier molecular flexibility index (Phi) is 4.49. The van der Waals surface area contributed by atoms with Crippen LogP contribution in [0.4, 0.5) is 0 Å². The maximum atomic E-state index is 12.4. The van der Waals surface area contributed by atoms with Gasteiger partial charge in [-0.25, -0.2) is 8.42 Å². The molecular weight excluding hydrogens is 302 g/mol. The molecule has 1 aromatic heterocycles. The largest absolute Gasteiger partial charge is 0.472 e. The van der Waals surface area contributed by atoms with Gasteiger partial charge in [-0.3, -0.25) is 0 Å². The summed E-state index contributed by atoms with van der Waals surface area (Å²) in [6, 6.07) is 5.97. The molecule has 7 heteroatoms. The summed E-state index contributed by atoms with van der Waals surface area (Å²) in [5.74, 6) is 0. The van der Waals surface area contributed by atoms with Crippen molar-refractivity contribution in [3.8, 4) is 0 Å². The van der Waals surface area contributed by atoms with E-state index in [1.807, 2.05) is 0 Å². The molecule has 0 radical (unpaired) electrons. The third kappa shape index (κ3) is 3.04. The summed E-state index contributed by atoms with van der Waals surface area (Å²) < 4.78 is 30.9. The maximum Gasteiger partial charge on any atom is 0.243 e. The van der Waals surface area contributed by atoms with Crippen LogP contribution < -0.4 is 0 Å². The van der Waals surface area contributed by atoms with Gasteiger partial charge in [-0.2, -0.15) is 4.31 Å². The van der Waals surface area contributed by atoms with E-state index in [1.165, 1.54) is 42.1 Å². The van der Waals surface area contributed by atoms with E-state index >= 15 is 0 Å². The molecule has 0 amide bonds. The van der Waals surface area contributed by atoms with Gasteiger partial charge >= 0.3 is 0 Å². The molecule has 1 aromatic carbocycles. The van der Waals surface area contributed by atoms with Gasteiger partial charge in [0.1, 0.15) is 0 Å². The zero-order valence-corrected chi connectivity index (χ0v) is 12.4. The minimum absolute atomic E-state index is 0.0886. The fourth-order valence-electron chi connectivity index (χ4n) is 1.72. The number of sulfonamides is 1. The summed E-state index contributed by atoms with van der Waals surface area (Å²) in [6.45, 7) is -0.0256. The predicted molar refractivity (Wildman–Crippen MR) is 74.7 cm³/mol. The number of hydrogen-bond donors (Lipinski definition) is 1. The van der Waals surface area contributed by atoms with Crippen LogP contribution in [-0.4, -0.2) is 24.9 Å². The van der Waals surface area contributed by atoms with E-state index in [2.05, 4.69) is 0 Å². The number of benzene rings is 1. The van der Waals surface area contributed by atoms with Gasteiger partial charge in [-0.05, 0) is 23.8 Å². The number of aliphatic hydroxyl groups excluding tert-OH is 1. The normalized spacial score (nSPS) is 12.0. The summed E-state index contributed by atoms with van der Waals surface area (Å²) >= 11 is 5.93. The first-order valence-electron chi connectivity index (χ1n) is 5.82. The Morgan fingerprint density at radius 2 is 2.10 bits per heavy atom. The lowest BCUT2D eigenvalue weighted by Crippen LogP contribution is -2.26. The van der Waals surface area contributed by atoms with E-state index in [4.69, 9.17) is 21.1 Å². The minimum atomic E-state index is -3.64. The average molecular weight is 316 g/mol. The fourth-order valence-corrected chi connectivity index (χ4v) is 3.21. The van der Waals surface area contributed by atoms with E-state index in [-0.39, 0.29) is 23.1 Å². The molecule has 0 saturated carbocycles. The number of rotatable bonds is 5. The van der Waals surface area contributed by atoms with Crippen molar-refractivity contribution < 1.29 is 17.9 Å². The number of halogens is 1. The van der Waals surface area contributed by atoms with E-state index in [1.54, 1.807) is 6.07 Å². The van der Waals surface area contributed by atoms with Gasteiger partial charge in [-0.1, -0.05) is 17.7 Å². The predicted octanol–water partition coefficient (Wildman–Crippen LogP) is 2.25. The van der Waals surface area contributed by atoms with Crippen LogP contribution in [0.5, 0.6) is 0 Å².